The zero-order chi connectivity index (χ0) is 23.2. The first kappa shape index (κ1) is 22.8. The van der Waals surface area contributed by atoms with Crippen LogP contribution in [0.2, 0.25) is 0 Å². The van der Waals surface area contributed by atoms with E-state index >= 15 is 0 Å². The maximum atomic E-state index is 13.6. The molecule has 1 aliphatic heterocycles. The lowest BCUT2D eigenvalue weighted by atomic mass is 10.1. The van der Waals surface area contributed by atoms with Gasteiger partial charge in [-0.3, -0.25) is 4.79 Å². The molecule has 8 nitrogen and oxygen atoms in total. The van der Waals surface area contributed by atoms with Crippen LogP contribution in [0.15, 0.2) is 47.1 Å². The summed E-state index contributed by atoms with van der Waals surface area (Å²) in [6.45, 7) is 3.96. The first-order valence-corrected chi connectivity index (χ1v) is 11.3. The highest BCUT2D eigenvalue weighted by Gasteiger charge is 2.26. The molecule has 4 rings (SSSR count). The van der Waals surface area contributed by atoms with Gasteiger partial charge in [0.1, 0.15) is 5.76 Å². The normalized spacial score (nSPS) is 14.7. The minimum Gasteiger partial charge on any atom is -0.490 e. The lowest BCUT2D eigenvalue weighted by molar-refractivity contribution is 0.0726. The van der Waals surface area contributed by atoms with Crippen molar-refractivity contribution >= 4 is 5.91 Å². The van der Waals surface area contributed by atoms with Crippen molar-refractivity contribution in [2.24, 2.45) is 0 Å². The lowest BCUT2D eigenvalue weighted by Gasteiger charge is -2.23. The summed E-state index contributed by atoms with van der Waals surface area (Å²) in [4.78, 5) is 21.9. The van der Waals surface area contributed by atoms with Gasteiger partial charge >= 0.3 is 0 Å². The Bertz CT molecular complexity index is 1100. The van der Waals surface area contributed by atoms with E-state index in [9.17, 15) is 4.79 Å². The number of hydrogen-bond acceptors (Lipinski definition) is 7. The number of carbonyl (C=O) groups is 1. The smallest absolute Gasteiger partial charge is 0.276 e. The molecule has 0 fully saturated rings. The zero-order valence-electron chi connectivity index (χ0n) is 19.4. The molecular weight excluding hydrogens is 420 g/mol. The Hall–Kier alpha value is -3.39. The lowest BCUT2D eigenvalue weighted by Crippen LogP contribution is -2.33. The molecule has 1 aliphatic rings. The molecule has 0 radical (unpaired) electrons. The maximum Gasteiger partial charge on any atom is 0.276 e. The van der Waals surface area contributed by atoms with Crippen molar-refractivity contribution in [1.82, 2.24) is 19.9 Å². The Morgan fingerprint density at radius 3 is 2.73 bits per heavy atom. The molecule has 0 saturated carbocycles. The molecular formula is C25H30N4O4. The summed E-state index contributed by atoms with van der Waals surface area (Å²) in [5, 5.41) is 4.11. The van der Waals surface area contributed by atoms with Crippen LogP contribution in [0.25, 0.3) is 0 Å². The zero-order valence-corrected chi connectivity index (χ0v) is 19.4. The molecule has 1 amide bonds. The van der Waals surface area contributed by atoms with Crippen molar-refractivity contribution in [1.29, 1.82) is 0 Å². The van der Waals surface area contributed by atoms with E-state index in [1.54, 1.807) is 6.20 Å². The van der Waals surface area contributed by atoms with E-state index in [4.69, 9.17) is 14.0 Å². The van der Waals surface area contributed by atoms with Gasteiger partial charge in [-0.05, 0) is 58.5 Å². The molecule has 3 aromatic rings. The quantitative estimate of drug-likeness (QED) is 0.584. The van der Waals surface area contributed by atoms with Crippen molar-refractivity contribution in [3.8, 4) is 17.4 Å². The van der Waals surface area contributed by atoms with Crippen LogP contribution >= 0.6 is 0 Å². The van der Waals surface area contributed by atoms with E-state index in [0.29, 0.717) is 55.1 Å². The molecule has 0 spiro atoms. The summed E-state index contributed by atoms with van der Waals surface area (Å²) in [5.41, 5.74) is 2.00. The number of amides is 1. The molecule has 0 bridgehead atoms. The number of pyridine rings is 1. The van der Waals surface area contributed by atoms with E-state index in [1.165, 1.54) is 0 Å². The number of fused-ring (bicyclic) bond motifs is 2. The van der Waals surface area contributed by atoms with Crippen LogP contribution in [0.5, 0.6) is 17.4 Å². The molecule has 0 unspecified atom stereocenters. The highest BCUT2D eigenvalue weighted by atomic mass is 16.5. The number of aryl methyl sites for hydroxylation is 1. The molecule has 0 aliphatic carbocycles. The maximum absolute atomic E-state index is 13.6. The molecule has 3 heterocycles. The molecule has 8 heteroatoms. The Balaban J connectivity index is 1.66. The van der Waals surface area contributed by atoms with E-state index in [-0.39, 0.29) is 5.91 Å². The third-order valence-electron chi connectivity index (χ3n) is 5.55. The van der Waals surface area contributed by atoms with Gasteiger partial charge in [0.25, 0.3) is 5.91 Å². The third-order valence-corrected chi connectivity index (χ3v) is 5.55. The first-order chi connectivity index (χ1) is 16.0. The van der Waals surface area contributed by atoms with Crippen LogP contribution in [-0.2, 0) is 13.1 Å². The summed E-state index contributed by atoms with van der Waals surface area (Å²) in [7, 11) is 3.91. The van der Waals surface area contributed by atoms with Crippen LogP contribution < -0.4 is 9.47 Å². The van der Waals surface area contributed by atoms with Crippen LogP contribution in [0.4, 0.5) is 0 Å². The van der Waals surface area contributed by atoms with Gasteiger partial charge in [-0.15, -0.1) is 0 Å². The SMILES string of the molecule is Cc1onc(C(=O)N2CCCCCOc3ccccc3Oc3ncccc3C2)c1CN(C)C. The molecule has 174 valence electrons. The molecule has 2 aromatic heterocycles. The first-order valence-electron chi connectivity index (χ1n) is 11.3. The minimum atomic E-state index is -0.148. The third kappa shape index (κ3) is 5.51. The number of nitrogens with zero attached hydrogens (tertiary/aromatic N) is 4. The predicted molar refractivity (Wildman–Crippen MR) is 123 cm³/mol. The number of ether oxygens (including phenoxy) is 2. The Morgan fingerprint density at radius 2 is 1.91 bits per heavy atom. The summed E-state index contributed by atoms with van der Waals surface area (Å²) in [5.74, 6) is 2.26. The summed E-state index contributed by atoms with van der Waals surface area (Å²) in [6.07, 6.45) is 4.36. The fraction of sp³-hybridized carbons (Fsp3) is 0.400. The summed E-state index contributed by atoms with van der Waals surface area (Å²) in [6, 6.07) is 11.4. The van der Waals surface area contributed by atoms with E-state index < -0.39 is 0 Å². The number of hydrogen-bond donors (Lipinski definition) is 0. The van der Waals surface area contributed by atoms with Crippen LogP contribution in [-0.4, -0.2) is 53.1 Å². The van der Waals surface area contributed by atoms with Crippen molar-refractivity contribution in [2.75, 3.05) is 27.2 Å². The fourth-order valence-corrected chi connectivity index (χ4v) is 3.83. The summed E-state index contributed by atoms with van der Waals surface area (Å²) >= 11 is 0. The number of aromatic nitrogens is 2. The average molecular weight is 451 g/mol. The second kappa shape index (κ2) is 10.5. The van der Waals surface area contributed by atoms with Gasteiger partial charge < -0.3 is 23.8 Å². The van der Waals surface area contributed by atoms with Gasteiger partial charge in [0.15, 0.2) is 17.2 Å². The van der Waals surface area contributed by atoms with Gasteiger partial charge in [0, 0.05) is 30.4 Å². The fourth-order valence-electron chi connectivity index (χ4n) is 3.83. The van der Waals surface area contributed by atoms with Gasteiger partial charge in [0.2, 0.25) is 5.88 Å². The second-order valence-electron chi connectivity index (χ2n) is 8.46. The number of benzene rings is 1. The number of carbonyl (C=O) groups excluding carboxylic acids is 1. The van der Waals surface area contributed by atoms with Crippen molar-refractivity contribution in [3.05, 3.63) is 65.2 Å². The Labute approximate surface area is 194 Å². The van der Waals surface area contributed by atoms with Crippen molar-refractivity contribution in [3.63, 3.8) is 0 Å². The van der Waals surface area contributed by atoms with Crippen LogP contribution in [0.3, 0.4) is 0 Å². The highest BCUT2D eigenvalue weighted by Crippen LogP contribution is 2.33. The molecule has 1 aromatic carbocycles. The van der Waals surface area contributed by atoms with Gasteiger partial charge in [0.05, 0.1) is 13.2 Å². The molecule has 0 N–H and O–H groups in total. The monoisotopic (exact) mass is 450 g/mol. The molecule has 33 heavy (non-hydrogen) atoms. The molecule has 0 atom stereocenters. The van der Waals surface area contributed by atoms with Gasteiger partial charge in [-0.2, -0.15) is 0 Å². The van der Waals surface area contributed by atoms with Crippen LogP contribution in [0, 0.1) is 6.92 Å². The van der Waals surface area contributed by atoms with Crippen molar-refractivity contribution in [2.45, 2.75) is 39.3 Å². The second-order valence-corrected chi connectivity index (χ2v) is 8.46. The summed E-state index contributed by atoms with van der Waals surface area (Å²) < 4.78 is 17.5. The minimum absolute atomic E-state index is 0.148. The van der Waals surface area contributed by atoms with Gasteiger partial charge in [-0.25, -0.2) is 4.98 Å². The number of rotatable bonds is 3. The number of para-hydroxylation sites is 2. The van der Waals surface area contributed by atoms with Crippen molar-refractivity contribution < 1.29 is 18.8 Å². The largest absolute Gasteiger partial charge is 0.490 e. The highest BCUT2D eigenvalue weighted by molar-refractivity contribution is 5.93. The average Bonchev–Trinajstić information content (AvgIpc) is 3.16. The van der Waals surface area contributed by atoms with E-state index in [0.717, 1.165) is 30.4 Å². The Kier molecular flexibility index (Phi) is 7.24. The van der Waals surface area contributed by atoms with Crippen LogP contribution in [0.1, 0.15) is 46.6 Å². The Morgan fingerprint density at radius 1 is 1.09 bits per heavy atom. The molecule has 0 saturated heterocycles. The van der Waals surface area contributed by atoms with E-state index in [2.05, 4.69) is 10.1 Å². The predicted octanol–water partition coefficient (Wildman–Crippen LogP) is 4.44. The van der Waals surface area contributed by atoms with Gasteiger partial charge in [-0.1, -0.05) is 23.4 Å². The standard InChI is InChI=1S/C25H30N4O4/c1-18-20(17-28(2)3)23(27-33-18)25(30)29-14-7-4-8-15-31-21-11-5-6-12-22(21)32-24-19(16-29)10-9-13-26-24/h5-6,9-13H,4,7-8,14-17H2,1-3H3. The van der Waals surface area contributed by atoms with E-state index in [1.807, 2.05) is 67.2 Å². The topological polar surface area (TPSA) is 80.9 Å².